The van der Waals surface area contributed by atoms with E-state index in [-0.39, 0.29) is 0 Å². The highest BCUT2D eigenvalue weighted by atomic mass is 28.4. The molecule has 0 saturated carbocycles. The van der Waals surface area contributed by atoms with Gasteiger partial charge in [0.05, 0.1) is 0 Å². The van der Waals surface area contributed by atoms with Crippen molar-refractivity contribution in [3.05, 3.63) is 0 Å². The molecule has 0 amide bonds. The Bertz CT molecular complexity index is 228. The molecule has 0 aromatic heterocycles. The maximum absolute atomic E-state index is 6.17. The van der Waals surface area contributed by atoms with Gasteiger partial charge in [0.15, 0.2) is 0 Å². The lowest BCUT2D eigenvalue weighted by Gasteiger charge is -2.30. The fraction of sp³-hybridized carbons (Fsp3) is 1.00. The molecule has 0 bridgehead atoms. The van der Waals surface area contributed by atoms with Gasteiger partial charge in [-0.15, -0.1) is 0 Å². The molecule has 0 saturated heterocycles. The minimum absolute atomic E-state index is 0.726. The van der Waals surface area contributed by atoms with Crippen LogP contribution in [0.3, 0.4) is 0 Å². The van der Waals surface area contributed by atoms with E-state index in [0.29, 0.717) is 0 Å². The van der Waals surface area contributed by atoms with Gasteiger partial charge in [-0.1, -0.05) is 72.6 Å². The van der Waals surface area contributed by atoms with Crippen molar-refractivity contribution in [3.8, 4) is 0 Å². The summed E-state index contributed by atoms with van der Waals surface area (Å²) in [6, 6.07) is 0. The third-order valence-electron chi connectivity index (χ3n) is 3.99. The normalized spacial score (nSPS) is 12.0. The van der Waals surface area contributed by atoms with Crippen LogP contribution in [-0.4, -0.2) is 35.3 Å². The first-order valence-corrected chi connectivity index (χ1v) is 12.1. The molecular weight excluding hydrogens is 318 g/mol. The van der Waals surface area contributed by atoms with Gasteiger partial charge < -0.3 is 13.3 Å². The summed E-state index contributed by atoms with van der Waals surface area (Å²) in [6.07, 6.45) is 12.9. The van der Waals surface area contributed by atoms with Gasteiger partial charge in [-0.25, -0.2) is 0 Å². The van der Waals surface area contributed by atoms with Crippen LogP contribution in [-0.2, 0) is 13.3 Å². The van der Waals surface area contributed by atoms with Gasteiger partial charge in [-0.2, -0.15) is 0 Å². The molecule has 4 nitrogen and oxygen atoms in total. The summed E-state index contributed by atoms with van der Waals surface area (Å²) in [6.45, 7) is 11.9. The second-order valence-corrected chi connectivity index (χ2v) is 8.84. The molecule has 0 aliphatic heterocycles. The van der Waals surface area contributed by atoms with E-state index in [1.807, 2.05) is 0 Å². The highest BCUT2D eigenvalue weighted by Crippen LogP contribution is 2.11. The lowest BCUT2D eigenvalue weighted by atomic mass is 10.2. The van der Waals surface area contributed by atoms with Crippen molar-refractivity contribution in [2.45, 2.75) is 98.3 Å². The molecule has 24 heavy (non-hydrogen) atoms. The molecule has 0 aromatic rings. The third kappa shape index (κ3) is 13.4. The van der Waals surface area contributed by atoms with Crippen molar-refractivity contribution in [1.82, 2.24) is 4.98 Å². The first kappa shape index (κ1) is 24.1. The Morgan fingerprint density at radius 3 is 1.38 bits per heavy atom. The summed E-state index contributed by atoms with van der Waals surface area (Å²) in [5.41, 5.74) is 0. The molecule has 0 rings (SSSR count). The Labute approximate surface area is 152 Å². The standard InChI is InChI=1S/C19H43NO3Si/c1-5-9-13-14-15-16-20-24(21-17-10-6-2,22-18-11-7-3)23-19-12-8-4/h20H,5-19H2,1-4H3. The van der Waals surface area contributed by atoms with Gasteiger partial charge in [0.25, 0.3) is 0 Å². The van der Waals surface area contributed by atoms with Crippen molar-refractivity contribution in [3.63, 3.8) is 0 Å². The molecule has 146 valence electrons. The van der Waals surface area contributed by atoms with Gasteiger partial charge >= 0.3 is 8.97 Å². The first-order valence-electron chi connectivity index (χ1n) is 10.4. The summed E-state index contributed by atoms with van der Waals surface area (Å²) < 4.78 is 18.5. The highest BCUT2D eigenvalue weighted by Gasteiger charge is 2.41. The molecular formula is C19H43NO3Si. The Kier molecular flexibility index (Phi) is 17.9. The Balaban J connectivity index is 4.48. The molecule has 1 N–H and O–H groups in total. The van der Waals surface area contributed by atoms with Crippen molar-refractivity contribution in [2.75, 3.05) is 26.4 Å². The number of hydrogen-bond donors (Lipinski definition) is 1. The van der Waals surface area contributed by atoms with Gasteiger partial charge in [0.2, 0.25) is 0 Å². The van der Waals surface area contributed by atoms with E-state index >= 15 is 0 Å². The largest absolute Gasteiger partial charge is 0.596 e. The Hall–Kier alpha value is 0.0569. The van der Waals surface area contributed by atoms with Crippen LogP contribution in [0.2, 0.25) is 0 Å². The fourth-order valence-corrected chi connectivity index (χ4v) is 4.58. The second-order valence-electron chi connectivity index (χ2n) is 6.50. The maximum atomic E-state index is 6.17. The highest BCUT2D eigenvalue weighted by molar-refractivity contribution is 6.57. The van der Waals surface area contributed by atoms with E-state index in [1.54, 1.807) is 0 Å². The lowest BCUT2D eigenvalue weighted by molar-refractivity contribution is 0.0455. The monoisotopic (exact) mass is 361 g/mol. The predicted molar refractivity (Wildman–Crippen MR) is 105 cm³/mol. The van der Waals surface area contributed by atoms with E-state index in [4.69, 9.17) is 13.3 Å². The van der Waals surface area contributed by atoms with E-state index in [9.17, 15) is 0 Å². The fourth-order valence-electron chi connectivity index (χ4n) is 2.30. The first-order chi connectivity index (χ1) is 11.7. The molecule has 0 aromatic carbocycles. The van der Waals surface area contributed by atoms with Crippen LogP contribution >= 0.6 is 0 Å². The maximum Gasteiger partial charge on any atom is 0.596 e. The zero-order chi connectivity index (χ0) is 17.9. The smallest absolute Gasteiger partial charge is 0.361 e. The average Bonchev–Trinajstić information content (AvgIpc) is 2.58. The van der Waals surface area contributed by atoms with Crippen LogP contribution in [0.15, 0.2) is 0 Å². The third-order valence-corrected chi connectivity index (χ3v) is 6.43. The number of rotatable bonds is 19. The van der Waals surface area contributed by atoms with E-state index in [2.05, 4.69) is 32.7 Å². The summed E-state index contributed by atoms with van der Waals surface area (Å²) >= 11 is 0. The van der Waals surface area contributed by atoms with Crippen LogP contribution in [0, 0.1) is 0 Å². The quantitative estimate of drug-likeness (QED) is 0.246. The van der Waals surface area contributed by atoms with Crippen molar-refractivity contribution in [1.29, 1.82) is 0 Å². The average molecular weight is 362 g/mol. The molecule has 0 spiro atoms. The molecule has 5 heteroatoms. The number of nitrogens with one attached hydrogen (secondary N) is 1. The van der Waals surface area contributed by atoms with Crippen LogP contribution in [0.25, 0.3) is 0 Å². The van der Waals surface area contributed by atoms with Gasteiger partial charge in [0, 0.05) is 19.8 Å². The molecule has 0 unspecified atom stereocenters. The van der Waals surface area contributed by atoms with Crippen LogP contribution in [0.4, 0.5) is 0 Å². The van der Waals surface area contributed by atoms with Gasteiger partial charge in [0.1, 0.15) is 0 Å². The topological polar surface area (TPSA) is 39.7 Å². The summed E-state index contributed by atoms with van der Waals surface area (Å²) in [7, 11) is -2.73. The number of hydrogen-bond acceptors (Lipinski definition) is 4. The van der Waals surface area contributed by atoms with Gasteiger partial charge in [-0.05, 0) is 32.2 Å². The Morgan fingerprint density at radius 2 is 0.958 bits per heavy atom. The van der Waals surface area contributed by atoms with Crippen LogP contribution in [0.1, 0.15) is 98.3 Å². The Morgan fingerprint density at radius 1 is 0.542 bits per heavy atom. The molecule has 0 aliphatic rings. The van der Waals surface area contributed by atoms with E-state index < -0.39 is 8.97 Å². The summed E-state index contributed by atoms with van der Waals surface area (Å²) in [5, 5.41) is 0. The minimum Gasteiger partial charge on any atom is -0.361 e. The van der Waals surface area contributed by atoms with E-state index in [0.717, 1.165) is 64.9 Å². The van der Waals surface area contributed by atoms with Crippen molar-refractivity contribution < 1.29 is 13.3 Å². The zero-order valence-electron chi connectivity index (χ0n) is 16.8. The van der Waals surface area contributed by atoms with E-state index in [1.165, 1.54) is 32.1 Å². The lowest BCUT2D eigenvalue weighted by Crippen LogP contribution is -2.59. The zero-order valence-corrected chi connectivity index (χ0v) is 17.8. The molecule has 0 radical (unpaired) electrons. The SMILES string of the molecule is CCCCCCCN[Si](OCCCC)(OCCCC)OCCCC. The predicted octanol–water partition coefficient (Wildman–Crippen LogP) is 5.43. The molecule has 0 fully saturated rings. The van der Waals surface area contributed by atoms with Crippen molar-refractivity contribution >= 4 is 8.97 Å². The van der Waals surface area contributed by atoms with Crippen LogP contribution < -0.4 is 4.98 Å². The summed E-state index contributed by atoms with van der Waals surface area (Å²) in [5.74, 6) is 0. The van der Waals surface area contributed by atoms with Gasteiger partial charge in [-0.3, -0.25) is 4.98 Å². The second kappa shape index (κ2) is 17.9. The molecule has 0 aliphatic carbocycles. The molecule has 0 heterocycles. The van der Waals surface area contributed by atoms with Crippen LogP contribution in [0.5, 0.6) is 0 Å². The minimum atomic E-state index is -2.73. The molecule has 0 atom stereocenters. The van der Waals surface area contributed by atoms with Crippen molar-refractivity contribution in [2.24, 2.45) is 0 Å². The summed E-state index contributed by atoms with van der Waals surface area (Å²) in [4.78, 5) is 3.56. The number of unbranched alkanes of at least 4 members (excludes halogenated alkanes) is 7.